The van der Waals surface area contributed by atoms with Gasteiger partial charge in [0.1, 0.15) is 12.4 Å². The molecular formula is C36H36O10. The Labute approximate surface area is 267 Å². The van der Waals surface area contributed by atoms with Gasteiger partial charge in [0.2, 0.25) is 0 Å². The van der Waals surface area contributed by atoms with Crippen molar-refractivity contribution >= 4 is 17.9 Å². The summed E-state index contributed by atoms with van der Waals surface area (Å²) in [7, 11) is 0. The van der Waals surface area contributed by atoms with E-state index in [1.54, 1.807) is 49.4 Å². The van der Waals surface area contributed by atoms with E-state index in [2.05, 4.69) is 0 Å². The molecule has 0 saturated carbocycles. The van der Waals surface area contributed by atoms with Crippen molar-refractivity contribution < 1.29 is 48.6 Å². The van der Waals surface area contributed by atoms with Crippen molar-refractivity contribution in [2.45, 2.75) is 33.3 Å². The molecule has 0 fully saturated rings. The Kier molecular flexibility index (Phi) is 12.4. The maximum Gasteiger partial charge on any atom is 0.344 e. The van der Waals surface area contributed by atoms with E-state index in [-0.39, 0.29) is 23.3 Å². The monoisotopic (exact) mass is 628 g/mol. The second kappa shape index (κ2) is 16.9. The number of aryl methyl sites for hydroxylation is 2. The lowest BCUT2D eigenvalue weighted by Gasteiger charge is -2.09. The fraction of sp³-hybridized carbons (Fsp3) is 0.250. The third kappa shape index (κ3) is 10.3. The van der Waals surface area contributed by atoms with Gasteiger partial charge in [-0.3, -0.25) is 0 Å². The fourth-order valence-corrected chi connectivity index (χ4v) is 4.49. The predicted molar refractivity (Wildman–Crippen MR) is 169 cm³/mol. The highest BCUT2D eigenvalue weighted by Crippen LogP contribution is 2.19. The molecule has 4 aromatic rings. The third-order valence-electron chi connectivity index (χ3n) is 6.99. The maximum absolute atomic E-state index is 12.5. The first-order valence-corrected chi connectivity index (χ1v) is 14.7. The number of hydrogen-bond donors (Lipinski definition) is 2. The van der Waals surface area contributed by atoms with E-state index in [4.69, 9.17) is 24.0 Å². The van der Waals surface area contributed by atoms with Crippen molar-refractivity contribution in [3.8, 4) is 11.5 Å². The van der Waals surface area contributed by atoms with E-state index >= 15 is 0 Å². The summed E-state index contributed by atoms with van der Waals surface area (Å²) in [5.41, 5.74) is 4.29. The number of carboxylic acids is 2. The highest BCUT2D eigenvalue weighted by atomic mass is 17.2. The molecule has 0 aliphatic heterocycles. The number of carboxylic acid groups (broad SMARTS) is 2. The molecule has 0 aromatic heterocycles. The molecule has 46 heavy (non-hydrogen) atoms. The summed E-state index contributed by atoms with van der Waals surface area (Å²) in [6.07, 6.45) is 1.38. The van der Waals surface area contributed by atoms with Crippen molar-refractivity contribution in [2.24, 2.45) is 0 Å². The number of aromatic carboxylic acids is 2. The van der Waals surface area contributed by atoms with Crippen molar-refractivity contribution in [3.63, 3.8) is 0 Å². The largest absolute Gasteiger partial charge is 0.478 e. The van der Waals surface area contributed by atoms with Crippen LogP contribution in [0.25, 0.3) is 0 Å². The Bertz CT molecular complexity index is 1630. The van der Waals surface area contributed by atoms with Crippen LogP contribution in [0.3, 0.4) is 0 Å². The molecule has 10 nitrogen and oxygen atoms in total. The van der Waals surface area contributed by atoms with Crippen molar-refractivity contribution in [1.82, 2.24) is 0 Å². The third-order valence-corrected chi connectivity index (χ3v) is 6.99. The zero-order chi connectivity index (χ0) is 32.9. The first-order valence-electron chi connectivity index (χ1n) is 14.7. The highest BCUT2D eigenvalue weighted by Gasteiger charge is 2.18. The lowest BCUT2D eigenvalue weighted by Crippen LogP contribution is -2.14. The van der Waals surface area contributed by atoms with E-state index in [1.807, 2.05) is 37.3 Å². The molecule has 2 N–H and O–H groups in total. The van der Waals surface area contributed by atoms with Gasteiger partial charge < -0.3 is 29.3 Å². The molecule has 0 radical (unpaired) electrons. The first kappa shape index (κ1) is 33.9. The normalized spacial score (nSPS) is 10.8. The van der Waals surface area contributed by atoms with Gasteiger partial charge in [0, 0.05) is 0 Å². The van der Waals surface area contributed by atoms with Gasteiger partial charge in [-0.05, 0) is 85.8 Å². The predicted octanol–water partition coefficient (Wildman–Crippen LogP) is 6.25. The second-order valence-corrected chi connectivity index (χ2v) is 10.6. The molecule has 0 amide bonds. The summed E-state index contributed by atoms with van der Waals surface area (Å²) >= 11 is 0. The van der Waals surface area contributed by atoms with Crippen LogP contribution in [0.15, 0.2) is 84.9 Å². The maximum atomic E-state index is 12.5. The molecule has 0 atom stereocenters. The molecule has 0 spiro atoms. The van der Waals surface area contributed by atoms with Crippen molar-refractivity contribution in [3.05, 3.63) is 129 Å². The van der Waals surface area contributed by atoms with E-state index in [0.717, 1.165) is 22.3 Å². The highest BCUT2D eigenvalue weighted by molar-refractivity contribution is 6.03. The molecule has 0 heterocycles. The van der Waals surface area contributed by atoms with Gasteiger partial charge in [0.15, 0.2) is 5.75 Å². The van der Waals surface area contributed by atoms with Crippen LogP contribution < -0.4 is 9.62 Å². The molecule has 0 bridgehead atoms. The second-order valence-electron chi connectivity index (χ2n) is 10.6. The number of esters is 1. The van der Waals surface area contributed by atoms with Gasteiger partial charge in [-0.25, -0.2) is 14.4 Å². The molecule has 240 valence electrons. The van der Waals surface area contributed by atoms with Gasteiger partial charge in [0.25, 0.3) is 0 Å². The van der Waals surface area contributed by atoms with Crippen LogP contribution in [0, 0.1) is 13.8 Å². The number of carbonyl (C=O) groups is 3. The number of carbonyl (C=O) groups excluding carboxylic acids is 1. The molecule has 0 aliphatic carbocycles. The lowest BCUT2D eigenvalue weighted by atomic mass is 10.0. The van der Waals surface area contributed by atoms with Gasteiger partial charge in [-0.1, -0.05) is 53.6 Å². The molecular weight excluding hydrogens is 592 g/mol. The summed E-state index contributed by atoms with van der Waals surface area (Å²) in [6.45, 7) is 5.53. The van der Waals surface area contributed by atoms with Crippen LogP contribution in [0.4, 0.5) is 0 Å². The number of ether oxygens (including phenoxy) is 3. The van der Waals surface area contributed by atoms with Gasteiger partial charge in [0.05, 0.1) is 43.1 Å². The van der Waals surface area contributed by atoms with Gasteiger partial charge in [-0.2, -0.15) is 4.89 Å². The number of benzene rings is 4. The van der Waals surface area contributed by atoms with E-state index in [1.165, 1.54) is 12.1 Å². The van der Waals surface area contributed by atoms with Crippen LogP contribution in [0.1, 0.15) is 58.9 Å². The Morgan fingerprint density at radius 1 is 0.587 bits per heavy atom. The zero-order valence-corrected chi connectivity index (χ0v) is 25.7. The van der Waals surface area contributed by atoms with Crippen molar-refractivity contribution in [2.75, 3.05) is 26.4 Å². The minimum Gasteiger partial charge on any atom is -0.478 e. The minimum atomic E-state index is -1.18. The average molecular weight is 629 g/mol. The Hall–Kier alpha value is -5.03. The number of rotatable bonds is 17. The summed E-state index contributed by atoms with van der Waals surface area (Å²) in [6, 6.07) is 24.1. The smallest absolute Gasteiger partial charge is 0.344 e. The fourth-order valence-electron chi connectivity index (χ4n) is 4.49. The van der Waals surface area contributed by atoms with Crippen LogP contribution in [-0.2, 0) is 33.8 Å². The van der Waals surface area contributed by atoms with Crippen molar-refractivity contribution in [1.29, 1.82) is 0 Å². The minimum absolute atomic E-state index is 0.000721. The quantitative estimate of drug-likeness (QED) is 0.0454. The van der Waals surface area contributed by atoms with Gasteiger partial charge in [-0.15, -0.1) is 0 Å². The molecule has 0 saturated heterocycles. The number of hydrogen-bond acceptors (Lipinski definition) is 8. The Morgan fingerprint density at radius 3 is 1.67 bits per heavy atom. The Balaban J connectivity index is 1.07. The van der Waals surface area contributed by atoms with Crippen LogP contribution in [0.5, 0.6) is 11.5 Å². The standard InChI is InChI=1S/C36H36O10/c1-24-3-9-28(32(21-24)34(37)38)23-44-46-30-12-7-27(8-13-30)16-18-43-20-19-42-17-15-26-5-10-29(11-6-26)45-36(41)31-14-4-25(2)22-33(31)35(39)40/h3-14,21-22H,15-20,23H2,1-2H3,(H,37,38)(H,39,40). The summed E-state index contributed by atoms with van der Waals surface area (Å²) in [5.74, 6) is -2.09. The van der Waals surface area contributed by atoms with Gasteiger partial charge >= 0.3 is 17.9 Å². The van der Waals surface area contributed by atoms with Crippen LogP contribution >= 0.6 is 0 Å². The topological polar surface area (TPSA) is 138 Å². The zero-order valence-electron chi connectivity index (χ0n) is 25.7. The van der Waals surface area contributed by atoms with E-state index < -0.39 is 17.9 Å². The molecule has 4 aromatic carbocycles. The SMILES string of the molecule is Cc1ccc(COOc2ccc(CCOCCOCCc3ccc(OC(=O)c4ccc(C)cc4C(=O)O)cc3)cc2)c(C(=O)O)c1. The average Bonchev–Trinajstić information content (AvgIpc) is 3.04. The first-order chi connectivity index (χ1) is 22.2. The summed E-state index contributed by atoms with van der Waals surface area (Å²) < 4.78 is 16.7. The lowest BCUT2D eigenvalue weighted by molar-refractivity contribution is -0.217. The molecule has 0 unspecified atom stereocenters. The summed E-state index contributed by atoms with van der Waals surface area (Å²) in [5, 5.41) is 18.7. The van der Waals surface area contributed by atoms with E-state index in [0.29, 0.717) is 56.3 Å². The Morgan fingerprint density at radius 2 is 1.11 bits per heavy atom. The van der Waals surface area contributed by atoms with Crippen LogP contribution in [0.2, 0.25) is 0 Å². The van der Waals surface area contributed by atoms with Crippen LogP contribution in [-0.4, -0.2) is 54.5 Å². The molecule has 4 rings (SSSR count). The summed E-state index contributed by atoms with van der Waals surface area (Å²) in [4.78, 5) is 46.0. The molecule has 0 aliphatic rings. The van der Waals surface area contributed by atoms with E-state index in [9.17, 15) is 24.6 Å². The molecule has 10 heteroatoms.